The Morgan fingerprint density at radius 3 is 2.80 bits per heavy atom. The molecule has 1 aliphatic rings. The minimum Gasteiger partial charge on any atom is -0.490 e. The predicted molar refractivity (Wildman–Crippen MR) is 51.4 cm³/mol. The van der Waals surface area contributed by atoms with E-state index in [9.17, 15) is 4.79 Å². The van der Waals surface area contributed by atoms with Crippen molar-refractivity contribution in [1.29, 1.82) is 0 Å². The van der Waals surface area contributed by atoms with Crippen LogP contribution in [0, 0.1) is 0 Å². The van der Waals surface area contributed by atoms with E-state index >= 15 is 0 Å². The zero-order chi connectivity index (χ0) is 10.8. The Morgan fingerprint density at radius 2 is 2.27 bits per heavy atom. The van der Waals surface area contributed by atoms with Gasteiger partial charge < -0.3 is 14.6 Å². The molecule has 2 rings (SSSR count). The largest absolute Gasteiger partial charge is 0.490 e. The molecule has 0 aliphatic heterocycles. The lowest BCUT2D eigenvalue weighted by Crippen LogP contribution is -2.04. The average molecular weight is 209 g/mol. The lowest BCUT2D eigenvalue weighted by atomic mass is 10.3. The maximum Gasteiger partial charge on any atom is 0.354 e. The van der Waals surface area contributed by atoms with Gasteiger partial charge in [0.15, 0.2) is 5.69 Å². The van der Waals surface area contributed by atoms with Crippen molar-refractivity contribution >= 4 is 5.97 Å². The Labute approximate surface area is 86.7 Å². The first kappa shape index (κ1) is 9.76. The molecule has 1 aromatic heterocycles. The summed E-state index contributed by atoms with van der Waals surface area (Å²) in [6.45, 7) is 0. The second-order valence-corrected chi connectivity index (χ2v) is 3.35. The lowest BCUT2D eigenvalue weighted by Gasteiger charge is -2.07. The molecule has 1 heterocycles. The number of aromatic nitrogens is 1. The van der Waals surface area contributed by atoms with E-state index in [0.29, 0.717) is 5.75 Å². The Morgan fingerprint density at radius 1 is 1.53 bits per heavy atom. The molecule has 0 amide bonds. The third kappa shape index (κ3) is 2.37. The van der Waals surface area contributed by atoms with Gasteiger partial charge in [-0.15, -0.1) is 0 Å². The monoisotopic (exact) mass is 209 g/mol. The normalized spacial score (nSPS) is 14.7. The first-order chi connectivity index (χ1) is 7.19. The number of aromatic carboxylic acids is 1. The molecule has 1 N–H and O–H groups in total. The van der Waals surface area contributed by atoms with Gasteiger partial charge in [0.2, 0.25) is 5.88 Å². The van der Waals surface area contributed by atoms with Gasteiger partial charge in [-0.3, -0.25) is 0 Å². The van der Waals surface area contributed by atoms with Gasteiger partial charge in [0.05, 0.1) is 13.2 Å². The third-order valence-corrected chi connectivity index (χ3v) is 2.03. The van der Waals surface area contributed by atoms with E-state index < -0.39 is 5.97 Å². The molecule has 1 aliphatic carbocycles. The first-order valence-corrected chi connectivity index (χ1v) is 4.65. The highest BCUT2D eigenvalue weighted by Gasteiger charge is 2.24. The molecule has 0 unspecified atom stereocenters. The quantitative estimate of drug-likeness (QED) is 0.810. The summed E-state index contributed by atoms with van der Waals surface area (Å²) in [4.78, 5) is 14.5. The third-order valence-electron chi connectivity index (χ3n) is 2.03. The minimum absolute atomic E-state index is 0.0648. The molecular weight excluding hydrogens is 198 g/mol. The minimum atomic E-state index is -1.09. The number of ether oxygens (including phenoxy) is 2. The topological polar surface area (TPSA) is 68.7 Å². The summed E-state index contributed by atoms with van der Waals surface area (Å²) in [5.74, 6) is -0.332. The van der Waals surface area contributed by atoms with E-state index in [2.05, 4.69) is 4.98 Å². The maximum atomic E-state index is 10.7. The molecule has 0 saturated heterocycles. The SMILES string of the molecule is COc1cc(OC2CC2)cc(C(=O)O)n1. The van der Waals surface area contributed by atoms with Crippen molar-refractivity contribution < 1.29 is 19.4 Å². The van der Waals surface area contributed by atoms with E-state index in [4.69, 9.17) is 14.6 Å². The van der Waals surface area contributed by atoms with Crippen LogP contribution in [0.1, 0.15) is 23.3 Å². The van der Waals surface area contributed by atoms with Crippen molar-refractivity contribution in [2.24, 2.45) is 0 Å². The molecule has 5 heteroatoms. The van der Waals surface area contributed by atoms with Crippen molar-refractivity contribution in [3.8, 4) is 11.6 Å². The molecule has 0 atom stereocenters. The molecule has 80 valence electrons. The van der Waals surface area contributed by atoms with Crippen LogP contribution in [0.3, 0.4) is 0 Å². The van der Waals surface area contributed by atoms with Gasteiger partial charge >= 0.3 is 5.97 Å². The number of carboxylic acid groups (broad SMARTS) is 1. The van der Waals surface area contributed by atoms with Crippen molar-refractivity contribution in [1.82, 2.24) is 4.98 Å². The van der Waals surface area contributed by atoms with Crippen molar-refractivity contribution in [2.75, 3.05) is 7.11 Å². The van der Waals surface area contributed by atoms with E-state index in [1.165, 1.54) is 13.2 Å². The first-order valence-electron chi connectivity index (χ1n) is 4.65. The fourth-order valence-corrected chi connectivity index (χ4v) is 1.14. The van der Waals surface area contributed by atoms with Crippen LogP contribution in [0.4, 0.5) is 0 Å². The number of methoxy groups -OCH3 is 1. The summed E-state index contributed by atoms with van der Waals surface area (Å²) < 4.78 is 10.4. The van der Waals surface area contributed by atoms with Gasteiger partial charge in [-0.05, 0) is 12.8 Å². The highest BCUT2D eigenvalue weighted by atomic mass is 16.5. The zero-order valence-electron chi connectivity index (χ0n) is 8.27. The number of hydrogen-bond donors (Lipinski definition) is 1. The Kier molecular flexibility index (Phi) is 2.45. The summed E-state index contributed by atoms with van der Waals surface area (Å²) in [5, 5.41) is 8.81. The second-order valence-electron chi connectivity index (χ2n) is 3.35. The van der Waals surface area contributed by atoms with Gasteiger partial charge in [0.1, 0.15) is 5.75 Å². The fraction of sp³-hybridized carbons (Fsp3) is 0.400. The Bertz CT molecular complexity index is 387. The van der Waals surface area contributed by atoms with Gasteiger partial charge in [-0.1, -0.05) is 0 Å². The highest BCUT2D eigenvalue weighted by Crippen LogP contribution is 2.28. The Hall–Kier alpha value is -1.78. The summed E-state index contributed by atoms with van der Waals surface area (Å²) in [6, 6.07) is 2.99. The van der Waals surface area contributed by atoms with Crippen molar-refractivity contribution in [2.45, 2.75) is 18.9 Å². The van der Waals surface area contributed by atoms with Crippen LogP contribution >= 0.6 is 0 Å². The summed E-state index contributed by atoms with van der Waals surface area (Å²) in [7, 11) is 1.44. The van der Waals surface area contributed by atoms with Crippen LogP contribution in [0.2, 0.25) is 0 Å². The maximum absolute atomic E-state index is 10.7. The second kappa shape index (κ2) is 3.76. The number of rotatable bonds is 4. The number of carboxylic acids is 1. The van der Waals surface area contributed by atoms with Crippen LogP contribution in [0.5, 0.6) is 11.6 Å². The van der Waals surface area contributed by atoms with Gasteiger partial charge in [-0.2, -0.15) is 0 Å². The van der Waals surface area contributed by atoms with Crippen LogP contribution in [0.25, 0.3) is 0 Å². The van der Waals surface area contributed by atoms with Gasteiger partial charge in [-0.25, -0.2) is 9.78 Å². The number of hydrogen-bond acceptors (Lipinski definition) is 4. The van der Waals surface area contributed by atoms with E-state index in [1.54, 1.807) is 6.07 Å². The van der Waals surface area contributed by atoms with Crippen LogP contribution < -0.4 is 9.47 Å². The van der Waals surface area contributed by atoms with E-state index in [1.807, 2.05) is 0 Å². The molecule has 15 heavy (non-hydrogen) atoms. The highest BCUT2D eigenvalue weighted by molar-refractivity contribution is 5.86. The molecule has 5 nitrogen and oxygen atoms in total. The van der Waals surface area contributed by atoms with Gasteiger partial charge in [0.25, 0.3) is 0 Å². The molecular formula is C10H11NO4. The van der Waals surface area contributed by atoms with Gasteiger partial charge in [0, 0.05) is 12.1 Å². The summed E-state index contributed by atoms with van der Waals surface area (Å²) >= 11 is 0. The molecule has 0 bridgehead atoms. The number of carbonyl (C=O) groups is 1. The van der Waals surface area contributed by atoms with Crippen LogP contribution in [-0.2, 0) is 0 Å². The van der Waals surface area contributed by atoms with Crippen LogP contribution in [-0.4, -0.2) is 29.3 Å². The Balaban J connectivity index is 2.27. The number of nitrogens with zero attached hydrogens (tertiary/aromatic N) is 1. The fourth-order valence-electron chi connectivity index (χ4n) is 1.14. The van der Waals surface area contributed by atoms with E-state index in [0.717, 1.165) is 12.8 Å². The molecule has 1 fully saturated rings. The standard InChI is InChI=1S/C10H11NO4/c1-14-9-5-7(15-6-2-3-6)4-8(11-9)10(12)13/h4-6H,2-3H2,1H3,(H,12,13). The molecule has 0 spiro atoms. The molecule has 0 radical (unpaired) electrons. The zero-order valence-corrected chi connectivity index (χ0v) is 8.27. The molecule has 0 aromatic carbocycles. The molecule has 1 aromatic rings. The smallest absolute Gasteiger partial charge is 0.354 e. The lowest BCUT2D eigenvalue weighted by molar-refractivity contribution is 0.0688. The predicted octanol–water partition coefficient (Wildman–Crippen LogP) is 1.33. The van der Waals surface area contributed by atoms with Crippen LogP contribution in [0.15, 0.2) is 12.1 Å². The van der Waals surface area contributed by atoms with Crippen molar-refractivity contribution in [3.05, 3.63) is 17.8 Å². The van der Waals surface area contributed by atoms with Crippen molar-refractivity contribution in [3.63, 3.8) is 0 Å². The summed E-state index contributed by atoms with van der Waals surface area (Å²) in [6.07, 6.45) is 2.26. The molecule has 1 saturated carbocycles. The van der Waals surface area contributed by atoms with E-state index in [-0.39, 0.29) is 17.7 Å². The average Bonchev–Trinajstić information content (AvgIpc) is 3.01. The number of pyridine rings is 1. The summed E-state index contributed by atoms with van der Waals surface area (Å²) in [5.41, 5.74) is -0.0648.